The normalized spacial score (nSPS) is 17.9. The van der Waals surface area contributed by atoms with Crippen molar-refractivity contribution in [2.75, 3.05) is 42.6 Å². The molecule has 0 N–H and O–H groups in total. The van der Waals surface area contributed by atoms with Crippen LogP contribution in [0.25, 0.3) is 11.2 Å². The van der Waals surface area contributed by atoms with Gasteiger partial charge in [-0.15, -0.1) is 0 Å². The minimum absolute atomic E-state index is 0.0192. The van der Waals surface area contributed by atoms with Gasteiger partial charge in [0.25, 0.3) is 6.43 Å². The lowest BCUT2D eigenvalue weighted by Gasteiger charge is -2.49. The van der Waals surface area contributed by atoms with E-state index in [1.807, 2.05) is 4.90 Å². The molecule has 2 aliphatic heterocycles. The molecule has 3 aromatic rings. The number of alkyl halides is 5. The molecule has 0 aromatic carbocycles. The molecule has 0 aliphatic carbocycles. The fraction of sp³-hybridized carbons (Fsp3) is 0.526. The van der Waals surface area contributed by atoms with Crippen molar-refractivity contribution in [2.24, 2.45) is 5.41 Å². The average Bonchev–Trinajstić information content (AvgIpc) is 3.35. The van der Waals surface area contributed by atoms with Crippen molar-refractivity contribution in [3.8, 4) is 6.01 Å². The maximum atomic E-state index is 12.8. The van der Waals surface area contributed by atoms with Crippen molar-refractivity contribution in [2.45, 2.75) is 25.6 Å². The summed E-state index contributed by atoms with van der Waals surface area (Å²) in [7, 11) is 0. The fourth-order valence-electron chi connectivity index (χ4n) is 4.28. The molecule has 5 heterocycles. The smallest absolute Gasteiger partial charge is 0.422 e. The van der Waals surface area contributed by atoms with E-state index in [4.69, 9.17) is 0 Å². The summed E-state index contributed by atoms with van der Waals surface area (Å²) in [5.74, 6) is 0.614. The first kappa shape index (κ1) is 21.5. The highest BCUT2D eigenvalue weighted by Crippen LogP contribution is 2.42. The zero-order valence-electron chi connectivity index (χ0n) is 17.2. The Hall–Kier alpha value is -3.32. The molecule has 9 nitrogen and oxygen atoms in total. The van der Waals surface area contributed by atoms with Crippen molar-refractivity contribution in [1.82, 2.24) is 29.7 Å². The van der Waals surface area contributed by atoms with Gasteiger partial charge in [-0.1, -0.05) is 0 Å². The highest BCUT2D eigenvalue weighted by Gasteiger charge is 2.48. The monoisotopic (exact) mass is 470 g/mol. The van der Waals surface area contributed by atoms with E-state index in [-0.39, 0.29) is 11.4 Å². The maximum absolute atomic E-state index is 12.8. The molecule has 0 saturated carbocycles. The summed E-state index contributed by atoms with van der Waals surface area (Å²) in [4.78, 5) is 20.6. The van der Waals surface area contributed by atoms with E-state index < -0.39 is 25.8 Å². The van der Waals surface area contributed by atoms with Crippen LogP contribution < -0.4 is 14.5 Å². The second-order valence-electron chi connectivity index (χ2n) is 8.31. The van der Waals surface area contributed by atoms with Crippen LogP contribution in [0.3, 0.4) is 0 Å². The van der Waals surface area contributed by atoms with Crippen LogP contribution in [0, 0.1) is 5.41 Å². The second kappa shape index (κ2) is 7.92. The number of aromatic nitrogens is 6. The molecule has 1 spiro atoms. The molecule has 0 radical (unpaired) electrons. The van der Waals surface area contributed by atoms with E-state index >= 15 is 0 Å². The molecule has 0 atom stereocenters. The Labute approximate surface area is 184 Å². The van der Waals surface area contributed by atoms with Gasteiger partial charge in [0.2, 0.25) is 0 Å². The van der Waals surface area contributed by atoms with E-state index in [9.17, 15) is 22.0 Å². The topological polar surface area (TPSA) is 85.1 Å². The van der Waals surface area contributed by atoms with Crippen molar-refractivity contribution in [3.05, 3.63) is 24.8 Å². The minimum atomic E-state index is -4.45. The molecule has 14 heteroatoms. The SMILES string of the molecule is FC(F)Cn1ncc2ncc(N3CCC4(CN(c5cnc(OCC(F)(F)F)nc5)C4)C3)nc21. The third kappa shape index (κ3) is 4.46. The van der Waals surface area contributed by atoms with Crippen LogP contribution >= 0.6 is 0 Å². The molecule has 2 fully saturated rings. The van der Waals surface area contributed by atoms with Gasteiger partial charge >= 0.3 is 12.2 Å². The number of rotatable bonds is 6. The van der Waals surface area contributed by atoms with Gasteiger partial charge in [-0.3, -0.25) is 0 Å². The third-order valence-electron chi connectivity index (χ3n) is 5.80. The Kier molecular flexibility index (Phi) is 5.16. The summed E-state index contributed by atoms with van der Waals surface area (Å²) in [5, 5.41) is 3.94. The Morgan fingerprint density at radius 3 is 2.42 bits per heavy atom. The summed E-state index contributed by atoms with van der Waals surface area (Å²) >= 11 is 0. The first-order valence-corrected chi connectivity index (χ1v) is 10.2. The standard InChI is InChI=1S/C19H19F5N8O/c20-14(21)7-32-16-13(5-28-32)25-6-15(29-16)30-2-1-18(8-30)9-31(10-18)12-3-26-17(27-4-12)33-11-19(22,23)24/h3-6,14H,1-2,7-11H2. The van der Waals surface area contributed by atoms with E-state index in [1.54, 1.807) is 6.20 Å². The van der Waals surface area contributed by atoms with Crippen LogP contribution in [0.5, 0.6) is 6.01 Å². The number of nitrogens with zero attached hydrogens (tertiary/aromatic N) is 8. The highest BCUT2D eigenvalue weighted by molar-refractivity contribution is 5.71. The fourth-order valence-corrected chi connectivity index (χ4v) is 4.28. The number of hydrogen-bond acceptors (Lipinski definition) is 8. The van der Waals surface area contributed by atoms with Gasteiger partial charge in [0.15, 0.2) is 12.3 Å². The maximum Gasteiger partial charge on any atom is 0.422 e. The number of ether oxygens (including phenoxy) is 1. The van der Waals surface area contributed by atoms with Gasteiger partial charge in [0.1, 0.15) is 17.9 Å². The van der Waals surface area contributed by atoms with Crippen LogP contribution in [0.4, 0.5) is 33.5 Å². The molecule has 176 valence electrons. The van der Waals surface area contributed by atoms with Gasteiger partial charge in [-0.2, -0.15) is 18.3 Å². The lowest BCUT2D eigenvalue weighted by molar-refractivity contribution is -0.154. The third-order valence-corrected chi connectivity index (χ3v) is 5.80. The van der Waals surface area contributed by atoms with Gasteiger partial charge in [-0.25, -0.2) is 33.4 Å². The van der Waals surface area contributed by atoms with E-state index in [2.05, 4.69) is 34.7 Å². The Morgan fingerprint density at radius 1 is 1.00 bits per heavy atom. The van der Waals surface area contributed by atoms with Gasteiger partial charge in [-0.05, 0) is 6.42 Å². The zero-order chi connectivity index (χ0) is 23.2. The number of halogens is 5. The molecule has 2 aliphatic rings. The lowest BCUT2D eigenvalue weighted by atomic mass is 9.79. The summed E-state index contributed by atoms with van der Waals surface area (Å²) in [5.41, 5.74) is 1.51. The van der Waals surface area contributed by atoms with Gasteiger partial charge < -0.3 is 14.5 Å². The average molecular weight is 470 g/mol. The quantitative estimate of drug-likeness (QED) is 0.509. The van der Waals surface area contributed by atoms with Crippen molar-refractivity contribution in [1.29, 1.82) is 0 Å². The van der Waals surface area contributed by atoms with Gasteiger partial charge in [0, 0.05) is 31.6 Å². The Balaban J connectivity index is 1.21. The minimum Gasteiger partial charge on any atom is -0.454 e. The van der Waals surface area contributed by atoms with Crippen LogP contribution in [0.15, 0.2) is 24.8 Å². The Morgan fingerprint density at radius 2 is 1.73 bits per heavy atom. The number of anilines is 2. The molecule has 5 rings (SSSR count). The first-order valence-electron chi connectivity index (χ1n) is 10.2. The molecule has 0 unspecified atom stereocenters. The predicted molar refractivity (Wildman–Crippen MR) is 106 cm³/mol. The van der Waals surface area contributed by atoms with Crippen LogP contribution in [-0.4, -0.2) is 75.1 Å². The predicted octanol–water partition coefficient (Wildman–Crippen LogP) is 2.54. The molecule has 0 bridgehead atoms. The number of hydrogen-bond donors (Lipinski definition) is 0. The lowest BCUT2D eigenvalue weighted by Crippen LogP contribution is -2.57. The first-order chi connectivity index (χ1) is 15.7. The van der Waals surface area contributed by atoms with Gasteiger partial charge in [0.05, 0.1) is 30.5 Å². The highest BCUT2D eigenvalue weighted by atomic mass is 19.4. The zero-order valence-corrected chi connectivity index (χ0v) is 17.2. The molecule has 3 aromatic heterocycles. The molecule has 2 saturated heterocycles. The van der Waals surface area contributed by atoms with Crippen LogP contribution in [-0.2, 0) is 6.54 Å². The molecular formula is C19H19F5N8O. The van der Waals surface area contributed by atoms with E-state index in [1.165, 1.54) is 18.6 Å². The van der Waals surface area contributed by atoms with Crippen molar-refractivity contribution in [3.63, 3.8) is 0 Å². The largest absolute Gasteiger partial charge is 0.454 e. The van der Waals surface area contributed by atoms with Crippen molar-refractivity contribution < 1.29 is 26.7 Å². The summed E-state index contributed by atoms with van der Waals surface area (Å²) in [6.07, 6.45) is -0.136. The Bertz CT molecular complexity index is 1130. The number of fused-ring (bicyclic) bond motifs is 1. The van der Waals surface area contributed by atoms with E-state index in [0.29, 0.717) is 22.7 Å². The second-order valence-corrected chi connectivity index (χ2v) is 8.31. The van der Waals surface area contributed by atoms with Crippen LogP contribution in [0.1, 0.15) is 6.42 Å². The molecular weight excluding hydrogens is 451 g/mol. The van der Waals surface area contributed by atoms with Crippen LogP contribution in [0.2, 0.25) is 0 Å². The molecule has 33 heavy (non-hydrogen) atoms. The van der Waals surface area contributed by atoms with E-state index in [0.717, 1.165) is 37.3 Å². The van der Waals surface area contributed by atoms with Crippen molar-refractivity contribution >= 4 is 22.7 Å². The molecule has 0 amide bonds. The summed E-state index contributed by atoms with van der Waals surface area (Å²) in [6.45, 7) is 0.955. The summed E-state index contributed by atoms with van der Waals surface area (Å²) < 4.78 is 68.0. The summed E-state index contributed by atoms with van der Waals surface area (Å²) in [6, 6.07) is -0.321.